The van der Waals surface area contributed by atoms with Gasteiger partial charge in [-0.1, -0.05) is 7.43 Å². The lowest BCUT2D eigenvalue weighted by Crippen LogP contribution is -1.98. The van der Waals surface area contributed by atoms with E-state index in [0.29, 0.717) is 5.56 Å². The highest BCUT2D eigenvalue weighted by Crippen LogP contribution is 2.16. The van der Waals surface area contributed by atoms with E-state index in [0.717, 1.165) is 6.07 Å². The van der Waals surface area contributed by atoms with Crippen molar-refractivity contribution in [2.24, 2.45) is 0 Å². The number of carboxylic acids is 1. The third-order valence-electron chi connectivity index (χ3n) is 1.52. The summed E-state index contributed by atoms with van der Waals surface area (Å²) >= 11 is 0. The van der Waals surface area contributed by atoms with Crippen LogP contribution >= 0.6 is 0 Å². The van der Waals surface area contributed by atoms with Crippen molar-refractivity contribution < 1.29 is 14.8 Å². The Balaban J connectivity index is 0.00000169. The van der Waals surface area contributed by atoms with Gasteiger partial charge in [-0.25, -0.2) is 4.79 Å². The summed E-state index contributed by atoms with van der Waals surface area (Å²) in [7, 11) is 0. The van der Waals surface area contributed by atoms with Crippen LogP contribution in [-0.4, -0.2) is 16.0 Å². The molecule has 0 unspecified atom stereocenters. The molecule has 0 aromatic heterocycles. The van der Waals surface area contributed by atoms with Crippen LogP contribution in [0.2, 0.25) is 0 Å². The average Bonchev–Trinajstić information content (AvgIpc) is 2.03. The number of carboxylic acid groups (broad SMARTS) is 1. The molecule has 0 bridgehead atoms. The van der Waals surface area contributed by atoms with Crippen LogP contribution in [0, 0.1) is 17.0 Å². The number of aromatic carboxylic acids is 1. The van der Waals surface area contributed by atoms with Crippen LogP contribution in [0.15, 0.2) is 18.2 Å². The Morgan fingerprint density at radius 2 is 2.00 bits per heavy atom. The molecule has 14 heavy (non-hydrogen) atoms. The monoisotopic (exact) mass is 197 g/mol. The lowest BCUT2D eigenvalue weighted by Gasteiger charge is -1.97. The standard InChI is InChI=1S/C8H7NO4.CH4/c1-5-2-6(8(10)11)4-7(3-5)9(12)13;/h2-4H,1H3,(H,10,11);1H4. The number of hydrogen-bond acceptors (Lipinski definition) is 3. The van der Waals surface area contributed by atoms with Gasteiger partial charge in [0.25, 0.3) is 5.69 Å². The Kier molecular flexibility index (Phi) is 3.77. The van der Waals surface area contributed by atoms with Crippen LogP contribution in [-0.2, 0) is 0 Å². The number of benzene rings is 1. The molecule has 0 fully saturated rings. The van der Waals surface area contributed by atoms with Crippen molar-refractivity contribution in [1.29, 1.82) is 0 Å². The molecule has 0 aliphatic rings. The van der Waals surface area contributed by atoms with Crippen LogP contribution in [0.5, 0.6) is 0 Å². The topological polar surface area (TPSA) is 80.4 Å². The van der Waals surface area contributed by atoms with Crippen molar-refractivity contribution in [3.8, 4) is 0 Å². The number of nitro groups is 1. The second-order valence-corrected chi connectivity index (χ2v) is 2.62. The Morgan fingerprint density at radius 1 is 1.43 bits per heavy atom. The zero-order chi connectivity index (χ0) is 10.0. The number of rotatable bonds is 2. The molecule has 0 aliphatic heterocycles. The van der Waals surface area contributed by atoms with Crippen molar-refractivity contribution in [3.05, 3.63) is 39.4 Å². The van der Waals surface area contributed by atoms with Gasteiger partial charge >= 0.3 is 5.97 Å². The molecule has 0 aliphatic carbocycles. The van der Waals surface area contributed by atoms with Crippen molar-refractivity contribution in [2.45, 2.75) is 14.4 Å². The van der Waals surface area contributed by atoms with E-state index in [1.807, 2.05) is 0 Å². The summed E-state index contributed by atoms with van der Waals surface area (Å²) in [6.07, 6.45) is 0. The molecule has 1 aromatic carbocycles. The second-order valence-electron chi connectivity index (χ2n) is 2.62. The SMILES string of the molecule is C.Cc1cc(C(=O)O)cc([N+](=O)[O-])c1. The Labute approximate surface area is 81.1 Å². The third-order valence-corrected chi connectivity index (χ3v) is 1.52. The number of hydrogen-bond donors (Lipinski definition) is 1. The summed E-state index contributed by atoms with van der Waals surface area (Å²) in [5.74, 6) is -1.16. The van der Waals surface area contributed by atoms with Gasteiger partial charge in [0.05, 0.1) is 10.5 Å². The number of carbonyl (C=O) groups is 1. The van der Waals surface area contributed by atoms with E-state index in [1.54, 1.807) is 6.92 Å². The van der Waals surface area contributed by atoms with Gasteiger partial charge in [-0.3, -0.25) is 10.1 Å². The highest BCUT2D eigenvalue weighted by Gasteiger charge is 2.11. The van der Waals surface area contributed by atoms with Crippen LogP contribution in [0.1, 0.15) is 23.3 Å². The normalized spacial score (nSPS) is 8.93. The minimum absolute atomic E-state index is 0. The molecule has 0 amide bonds. The van der Waals surface area contributed by atoms with E-state index in [9.17, 15) is 14.9 Å². The van der Waals surface area contributed by atoms with Gasteiger partial charge < -0.3 is 5.11 Å². The van der Waals surface area contributed by atoms with E-state index < -0.39 is 10.9 Å². The molecule has 1 rings (SSSR count). The molecule has 0 heterocycles. The van der Waals surface area contributed by atoms with Crippen LogP contribution in [0.4, 0.5) is 5.69 Å². The fourth-order valence-corrected chi connectivity index (χ4v) is 0.992. The summed E-state index contributed by atoms with van der Waals surface area (Å²) in [6.45, 7) is 1.61. The molecule has 1 aromatic rings. The van der Waals surface area contributed by atoms with Gasteiger partial charge in [0.2, 0.25) is 0 Å². The molecule has 0 radical (unpaired) electrons. The summed E-state index contributed by atoms with van der Waals surface area (Å²) in [4.78, 5) is 20.2. The fourth-order valence-electron chi connectivity index (χ4n) is 0.992. The predicted molar refractivity (Wildman–Crippen MR) is 51.5 cm³/mol. The highest BCUT2D eigenvalue weighted by atomic mass is 16.6. The molecule has 0 saturated carbocycles. The largest absolute Gasteiger partial charge is 0.478 e. The maximum atomic E-state index is 10.5. The molecular formula is C9H11NO4. The fraction of sp³-hybridized carbons (Fsp3) is 0.222. The number of nitro benzene ring substituents is 1. The lowest BCUT2D eigenvalue weighted by molar-refractivity contribution is -0.384. The van der Waals surface area contributed by atoms with Gasteiger partial charge in [-0.15, -0.1) is 0 Å². The summed E-state index contributed by atoms with van der Waals surface area (Å²) < 4.78 is 0. The molecule has 0 spiro atoms. The maximum Gasteiger partial charge on any atom is 0.335 e. The third kappa shape index (κ3) is 2.55. The number of non-ortho nitro benzene ring substituents is 1. The quantitative estimate of drug-likeness (QED) is 0.582. The zero-order valence-corrected chi connectivity index (χ0v) is 6.85. The molecule has 76 valence electrons. The number of aryl methyl sites for hydroxylation is 1. The lowest BCUT2D eigenvalue weighted by atomic mass is 10.1. The first-order chi connectivity index (χ1) is 6.00. The Bertz CT molecular complexity index is 341. The second kappa shape index (κ2) is 4.36. The first-order valence-corrected chi connectivity index (χ1v) is 3.50. The summed E-state index contributed by atoms with van der Waals surface area (Å²) in [5.41, 5.74) is 0.302. The van der Waals surface area contributed by atoms with Gasteiger partial charge in [0.1, 0.15) is 0 Å². The highest BCUT2D eigenvalue weighted by molar-refractivity contribution is 5.88. The Hall–Kier alpha value is -1.91. The van der Waals surface area contributed by atoms with Crippen molar-refractivity contribution in [2.75, 3.05) is 0 Å². The van der Waals surface area contributed by atoms with E-state index in [2.05, 4.69) is 0 Å². The van der Waals surface area contributed by atoms with Crippen LogP contribution < -0.4 is 0 Å². The molecule has 5 heteroatoms. The zero-order valence-electron chi connectivity index (χ0n) is 6.85. The van der Waals surface area contributed by atoms with Crippen molar-refractivity contribution >= 4 is 11.7 Å². The van der Waals surface area contributed by atoms with E-state index >= 15 is 0 Å². The number of nitrogens with zero attached hydrogens (tertiary/aromatic N) is 1. The first kappa shape index (κ1) is 12.1. The van der Waals surface area contributed by atoms with E-state index in [4.69, 9.17) is 5.11 Å². The summed E-state index contributed by atoms with van der Waals surface area (Å²) in [5, 5.41) is 18.9. The Morgan fingerprint density at radius 3 is 2.43 bits per heavy atom. The van der Waals surface area contributed by atoms with Gasteiger partial charge in [-0.05, 0) is 18.6 Å². The molecule has 5 nitrogen and oxygen atoms in total. The van der Waals surface area contributed by atoms with E-state index in [1.165, 1.54) is 12.1 Å². The van der Waals surface area contributed by atoms with Crippen LogP contribution in [0.25, 0.3) is 0 Å². The molecule has 0 saturated heterocycles. The van der Waals surface area contributed by atoms with Gasteiger partial charge in [0.15, 0.2) is 0 Å². The van der Waals surface area contributed by atoms with Gasteiger partial charge in [-0.2, -0.15) is 0 Å². The van der Waals surface area contributed by atoms with Crippen molar-refractivity contribution in [1.82, 2.24) is 0 Å². The van der Waals surface area contributed by atoms with Crippen molar-refractivity contribution in [3.63, 3.8) is 0 Å². The van der Waals surface area contributed by atoms with Gasteiger partial charge in [0, 0.05) is 12.1 Å². The molecular weight excluding hydrogens is 186 g/mol. The summed E-state index contributed by atoms with van der Waals surface area (Å²) in [6, 6.07) is 3.75. The first-order valence-electron chi connectivity index (χ1n) is 3.50. The smallest absolute Gasteiger partial charge is 0.335 e. The minimum Gasteiger partial charge on any atom is -0.478 e. The maximum absolute atomic E-state index is 10.5. The van der Waals surface area contributed by atoms with Crippen LogP contribution in [0.3, 0.4) is 0 Å². The molecule has 1 N–H and O–H groups in total. The predicted octanol–water partition coefficient (Wildman–Crippen LogP) is 2.24. The van der Waals surface area contributed by atoms with E-state index in [-0.39, 0.29) is 18.7 Å². The average molecular weight is 197 g/mol. The molecule has 0 atom stereocenters. The minimum atomic E-state index is -1.16.